The lowest BCUT2D eigenvalue weighted by Gasteiger charge is -2.03. The van der Waals surface area contributed by atoms with Gasteiger partial charge in [0.25, 0.3) is 0 Å². The summed E-state index contributed by atoms with van der Waals surface area (Å²) in [6.45, 7) is 4.71. The topological polar surface area (TPSA) is 87.0 Å². The van der Waals surface area contributed by atoms with E-state index in [0.717, 1.165) is 5.56 Å². The summed E-state index contributed by atoms with van der Waals surface area (Å²) in [5.41, 5.74) is 1.41. The molecule has 106 valence electrons. The summed E-state index contributed by atoms with van der Waals surface area (Å²) in [5.74, 6) is -0.344. The molecule has 5 heteroatoms. The first-order valence-electron chi connectivity index (χ1n) is 5.77. The maximum atomic E-state index is 11.0. The smallest absolute Gasteiger partial charge is 0.333 e. The first kappa shape index (κ1) is 17.3. The lowest BCUT2D eigenvalue weighted by Crippen LogP contribution is -2.15. The minimum atomic E-state index is -0.954. The van der Waals surface area contributed by atoms with Crippen molar-refractivity contribution in [3.8, 4) is 0 Å². The van der Waals surface area contributed by atoms with E-state index in [1.165, 1.54) is 0 Å². The molecule has 0 saturated carbocycles. The van der Waals surface area contributed by atoms with Crippen LogP contribution in [0.2, 0.25) is 0 Å². The largest absolute Gasteiger partial charge is 0.457 e. The van der Waals surface area contributed by atoms with Crippen LogP contribution < -0.4 is 0 Å². The zero-order valence-corrected chi connectivity index (χ0v) is 11.0. The van der Waals surface area contributed by atoms with Crippen LogP contribution in [0, 0.1) is 0 Å². The SMILES string of the molecule is C=C(C)C(=O)OCc1ccccc1.OCC(O)CO. The molecule has 1 aromatic rings. The summed E-state index contributed by atoms with van der Waals surface area (Å²) in [4.78, 5) is 11.0. The Morgan fingerprint density at radius 1 is 1.26 bits per heavy atom. The third-order valence-corrected chi connectivity index (χ3v) is 1.98. The summed E-state index contributed by atoms with van der Waals surface area (Å²) >= 11 is 0. The molecule has 0 aliphatic carbocycles. The number of esters is 1. The van der Waals surface area contributed by atoms with Gasteiger partial charge in [-0.3, -0.25) is 0 Å². The Morgan fingerprint density at radius 2 is 1.79 bits per heavy atom. The lowest BCUT2D eigenvalue weighted by molar-refractivity contribution is -0.140. The number of carbonyl (C=O) groups excluding carboxylic acids is 1. The quantitative estimate of drug-likeness (QED) is 0.539. The van der Waals surface area contributed by atoms with Gasteiger partial charge in [-0.1, -0.05) is 36.9 Å². The predicted molar refractivity (Wildman–Crippen MR) is 71.2 cm³/mol. The van der Waals surface area contributed by atoms with Crippen molar-refractivity contribution >= 4 is 5.97 Å². The number of hydrogen-bond donors (Lipinski definition) is 3. The Labute approximate surface area is 112 Å². The lowest BCUT2D eigenvalue weighted by atomic mass is 10.2. The van der Waals surface area contributed by atoms with E-state index in [-0.39, 0.29) is 19.2 Å². The first-order chi connectivity index (χ1) is 9.01. The van der Waals surface area contributed by atoms with E-state index in [1.807, 2.05) is 30.3 Å². The van der Waals surface area contributed by atoms with Crippen LogP contribution in [0.25, 0.3) is 0 Å². The van der Waals surface area contributed by atoms with E-state index in [4.69, 9.17) is 20.1 Å². The Hall–Kier alpha value is -1.69. The summed E-state index contributed by atoms with van der Waals surface area (Å²) in [5, 5.41) is 24.0. The maximum Gasteiger partial charge on any atom is 0.333 e. The normalized spacial score (nSPS) is 9.53. The van der Waals surface area contributed by atoms with Gasteiger partial charge in [0.2, 0.25) is 0 Å². The van der Waals surface area contributed by atoms with E-state index in [1.54, 1.807) is 6.92 Å². The molecule has 19 heavy (non-hydrogen) atoms. The highest BCUT2D eigenvalue weighted by atomic mass is 16.5. The Balaban J connectivity index is 0.000000459. The van der Waals surface area contributed by atoms with Gasteiger partial charge in [0.05, 0.1) is 13.2 Å². The van der Waals surface area contributed by atoms with Crippen molar-refractivity contribution in [1.29, 1.82) is 0 Å². The second-order valence-corrected chi connectivity index (χ2v) is 3.86. The van der Waals surface area contributed by atoms with Crippen molar-refractivity contribution in [1.82, 2.24) is 0 Å². The number of hydrogen-bond acceptors (Lipinski definition) is 5. The van der Waals surface area contributed by atoms with Crippen molar-refractivity contribution in [2.75, 3.05) is 13.2 Å². The van der Waals surface area contributed by atoms with E-state index >= 15 is 0 Å². The molecule has 0 spiro atoms. The summed E-state index contributed by atoms with van der Waals surface area (Å²) < 4.78 is 4.95. The van der Waals surface area contributed by atoms with Gasteiger partial charge in [-0.2, -0.15) is 0 Å². The van der Waals surface area contributed by atoms with Crippen molar-refractivity contribution in [3.05, 3.63) is 48.0 Å². The molecule has 1 aromatic carbocycles. The van der Waals surface area contributed by atoms with Crippen molar-refractivity contribution < 1.29 is 24.9 Å². The second-order valence-electron chi connectivity index (χ2n) is 3.86. The molecule has 0 aliphatic rings. The molecule has 3 N–H and O–H groups in total. The second kappa shape index (κ2) is 10.3. The minimum Gasteiger partial charge on any atom is -0.457 e. The molecule has 5 nitrogen and oxygen atoms in total. The fraction of sp³-hybridized carbons (Fsp3) is 0.357. The zero-order chi connectivity index (χ0) is 14.7. The van der Waals surface area contributed by atoms with E-state index in [0.29, 0.717) is 12.2 Å². The number of carbonyl (C=O) groups is 1. The summed E-state index contributed by atoms with van der Waals surface area (Å²) in [6, 6.07) is 9.55. The van der Waals surface area contributed by atoms with E-state index < -0.39 is 6.10 Å². The molecule has 0 saturated heterocycles. The van der Waals surface area contributed by atoms with E-state index in [9.17, 15) is 4.79 Å². The molecule has 0 amide bonds. The number of benzene rings is 1. The van der Waals surface area contributed by atoms with Gasteiger partial charge in [0, 0.05) is 5.57 Å². The standard InChI is InChI=1S/C11H12O2.C3H8O3/c1-9(2)11(12)13-8-10-6-4-3-5-7-10;4-1-3(6)2-5/h3-7H,1,8H2,2H3;3-6H,1-2H2. The monoisotopic (exact) mass is 268 g/mol. The molecule has 1 rings (SSSR count). The van der Waals surface area contributed by atoms with Gasteiger partial charge in [-0.05, 0) is 12.5 Å². The summed E-state index contributed by atoms with van der Waals surface area (Å²) in [6.07, 6.45) is -0.954. The molecule has 0 aliphatic heterocycles. The van der Waals surface area contributed by atoms with Crippen LogP contribution in [0.1, 0.15) is 12.5 Å². The van der Waals surface area contributed by atoms with Crippen LogP contribution in [-0.4, -0.2) is 40.6 Å². The van der Waals surface area contributed by atoms with Crippen LogP contribution >= 0.6 is 0 Å². The highest BCUT2D eigenvalue weighted by molar-refractivity contribution is 5.86. The van der Waals surface area contributed by atoms with Gasteiger partial charge in [0.15, 0.2) is 0 Å². The van der Waals surface area contributed by atoms with Crippen molar-refractivity contribution in [2.24, 2.45) is 0 Å². The van der Waals surface area contributed by atoms with Gasteiger partial charge < -0.3 is 20.1 Å². The maximum absolute atomic E-state index is 11.0. The predicted octanol–water partition coefficient (Wildman–Crippen LogP) is 0.638. The van der Waals surface area contributed by atoms with E-state index in [2.05, 4.69) is 6.58 Å². The van der Waals surface area contributed by atoms with Gasteiger partial charge in [0.1, 0.15) is 12.7 Å². The number of ether oxygens (including phenoxy) is 1. The highest BCUT2D eigenvalue weighted by Crippen LogP contribution is 2.02. The molecule has 0 radical (unpaired) electrons. The Bertz CT molecular complexity index is 371. The molecule has 0 atom stereocenters. The first-order valence-corrected chi connectivity index (χ1v) is 5.77. The molecular weight excluding hydrogens is 248 g/mol. The van der Waals surface area contributed by atoms with Crippen LogP contribution in [0.4, 0.5) is 0 Å². The molecule has 0 heterocycles. The van der Waals surface area contributed by atoms with Crippen molar-refractivity contribution in [3.63, 3.8) is 0 Å². The molecule has 0 unspecified atom stereocenters. The van der Waals surface area contributed by atoms with Crippen molar-refractivity contribution in [2.45, 2.75) is 19.6 Å². The molecular formula is C14H20O5. The third kappa shape index (κ3) is 8.96. The molecule has 0 fully saturated rings. The highest BCUT2D eigenvalue weighted by Gasteiger charge is 2.02. The number of aliphatic hydroxyl groups is 3. The fourth-order valence-electron chi connectivity index (χ4n) is 0.904. The van der Waals surface area contributed by atoms with Gasteiger partial charge >= 0.3 is 5.97 Å². The van der Waals surface area contributed by atoms with Crippen LogP contribution in [-0.2, 0) is 16.1 Å². The third-order valence-electron chi connectivity index (χ3n) is 1.98. The average molecular weight is 268 g/mol. The fourth-order valence-corrected chi connectivity index (χ4v) is 0.904. The van der Waals surface area contributed by atoms with Crippen LogP contribution in [0.15, 0.2) is 42.5 Å². The summed E-state index contributed by atoms with van der Waals surface area (Å²) in [7, 11) is 0. The number of rotatable bonds is 5. The minimum absolute atomic E-state index is 0.312. The van der Waals surface area contributed by atoms with Gasteiger partial charge in [-0.25, -0.2) is 4.79 Å². The Kier molecular flexibility index (Phi) is 9.34. The Morgan fingerprint density at radius 3 is 2.16 bits per heavy atom. The molecule has 0 aromatic heterocycles. The zero-order valence-electron chi connectivity index (χ0n) is 11.0. The van der Waals surface area contributed by atoms with Gasteiger partial charge in [-0.15, -0.1) is 0 Å². The van der Waals surface area contributed by atoms with Crippen LogP contribution in [0.5, 0.6) is 0 Å². The number of aliphatic hydroxyl groups excluding tert-OH is 3. The molecule has 0 bridgehead atoms. The average Bonchev–Trinajstić information content (AvgIpc) is 2.45. The van der Waals surface area contributed by atoms with Crippen LogP contribution in [0.3, 0.4) is 0 Å².